The largest absolute Gasteiger partial charge is 0.424 e. The highest BCUT2D eigenvalue weighted by Gasteiger charge is 2.39. The summed E-state index contributed by atoms with van der Waals surface area (Å²) in [6, 6.07) is 20.6. The van der Waals surface area contributed by atoms with Crippen LogP contribution in [0.4, 0.5) is 25.2 Å². The molecule has 10 rings (SSSR count). The molecular formula is C52H49F3N10O4. The molecule has 352 valence electrons. The molecule has 0 aliphatic carbocycles. The van der Waals surface area contributed by atoms with Crippen LogP contribution in [0.1, 0.15) is 70.1 Å². The Morgan fingerprint density at radius 2 is 1.25 bits per heavy atom. The normalized spacial score (nSPS) is 18.5. The van der Waals surface area contributed by atoms with Crippen LogP contribution in [-0.4, -0.2) is 89.8 Å². The second kappa shape index (κ2) is 19.1. The van der Waals surface area contributed by atoms with Gasteiger partial charge >= 0.3 is 0 Å². The van der Waals surface area contributed by atoms with Crippen LogP contribution < -0.4 is 10.6 Å². The van der Waals surface area contributed by atoms with Gasteiger partial charge in [0.05, 0.1) is 23.2 Å². The van der Waals surface area contributed by atoms with Gasteiger partial charge in [0.2, 0.25) is 0 Å². The van der Waals surface area contributed by atoms with Crippen LogP contribution in [0.3, 0.4) is 0 Å². The van der Waals surface area contributed by atoms with E-state index in [4.69, 9.17) is 13.8 Å². The molecule has 4 aromatic carbocycles. The van der Waals surface area contributed by atoms with Crippen molar-refractivity contribution < 1.29 is 31.6 Å². The van der Waals surface area contributed by atoms with Gasteiger partial charge in [0.25, 0.3) is 23.8 Å². The number of carbonyl (C=O) groups is 2. The van der Waals surface area contributed by atoms with Gasteiger partial charge in [0, 0.05) is 67.7 Å². The number of para-hydroxylation sites is 2. The molecule has 0 bridgehead atoms. The Hall–Kier alpha value is -7.69. The SMILES string of the molecule is Cc1cc(F)c(C(=O)N2CCCC(C)C2CNc2nc3ccccc3o2)c(-c2nccc(CC3CCCN(C(=O)c4c(F)cc(C)cc4-c4ncccn4)C3CNc3nc4cc(F)ccc4o3)n2)c1. The molecule has 4 unspecified atom stereocenters. The van der Waals surface area contributed by atoms with Gasteiger partial charge in [-0.3, -0.25) is 9.59 Å². The molecule has 17 heteroatoms. The standard InChI is InChI=1S/C52H49F3N10O4/c1-29-21-35(47-56-16-8-17-57-47)45(37(54)23-29)50(67)65-20-7-10-32(42(65)28-60-52-63-40-26-33(53)13-14-44(40)69-52)25-34-15-18-58-48(61-34)36-22-30(2)24-38(55)46(36)49(66)64-19-6-9-31(3)41(64)27-59-51-62-39-11-4-5-12-43(39)68-51/h4-5,8,11-18,21-24,26,31-32,41-42H,6-7,9-10,19-20,25,27-28H2,1-3H3,(H,59,62)(H,60,63). The van der Waals surface area contributed by atoms with Crippen molar-refractivity contribution in [3.8, 4) is 22.8 Å². The maximum atomic E-state index is 16.4. The molecule has 2 fully saturated rings. The molecule has 6 heterocycles. The van der Waals surface area contributed by atoms with Crippen LogP contribution >= 0.6 is 0 Å². The van der Waals surface area contributed by atoms with E-state index in [1.165, 1.54) is 42.7 Å². The molecule has 2 aliphatic heterocycles. The average Bonchev–Trinajstić information content (AvgIpc) is 3.96. The monoisotopic (exact) mass is 934 g/mol. The van der Waals surface area contributed by atoms with Crippen LogP contribution in [0.25, 0.3) is 45.0 Å². The maximum Gasteiger partial charge on any atom is 0.295 e. The number of nitrogens with zero attached hydrogens (tertiary/aromatic N) is 8. The van der Waals surface area contributed by atoms with Crippen molar-refractivity contribution in [1.29, 1.82) is 0 Å². The van der Waals surface area contributed by atoms with Crippen molar-refractivity contribution in [3.63, 3.8) is 0 Å². The number of oxazole rings is 2. The van der Waals surface area contributed by atoms with Gasteiger partial charge in [-0.05, 0) is 130 Å². The van der Waals surface area contributed by atoms with Gasteiger partial charge in [-0.2, -0.15) is 9.97 Å². The Morgan fingerprint density at radius 3 is 1.94 bits per heavy atom. The second-order valence-corrected chi connectivity index (χ2v) is 18.0. The molecule has 0 spiro atoms. The van der Waals surface area contributed by atoms with Crippen molar-refractivity contribution in [2.75, 3.05) is 36.8 Å². The van der Waals surface area contributed by atoms with Crippen LogP contribution in [0.15, 0.2) is 106 Å². The zero-order chi connectivity index (χ0) is 47.8. The summed E-state index contributed by atoms with van der Waals surface area (Å²) in [7, 11) is 0. The van der Waals surface area contributed by atoms with E-state index in [-0.39, 0.29) is 64.3 Å². The number of benzene rings is 4. The predicted molar refractivity (Wildman–Crippen MR) is 254 cm³/mol. The number of rotatable bonds is 12. The van der Waals surface area contributed by atoms with E-state index in [0.29, 0.717) is 83.9 Å². The van der Waals surface area contributed by atoms with Crippen LogP contribution in [-0.2, 0) is 6.42 Å². The molecule has 0 radical (unpaired) electrons. The maximum absolute atomic E-state index is 16.4. The zero-order valence-corrected chi connectivity index (χ0v) is 38.3. The summed E-state index contributed by atoms with van der Waals surface area (Å²) in [5.41, 5.74) is 4.10. The third-order valence-electron chi connectivity index (χ3n) is 13.3. The van der Waals surface area contributed by atoms with E-state index in [0.717, 1.165) is 12.8 Å². The third-order valence-corrected chi connectivity index (χ3v) is 13.3. The molecule has 4 atom stereocenters. The molecule has 8 aromatic rings. The Kier molecular flexibility index (Phi) is 12.5. The predicted octanol–water partition coefficient (Wildman–Crippen LogP) is 9.85. The minimum absolute atomic E-state index is 0.0897. The van der Waals surface area contributed by atoms with E-state index in [1.807, 2.05) is 24.3 Å². The second-order valence-electron chi connectivity index (χ2n) is 18.0. The zero-order valence-electron chi connectivity index (χ0n) is 38.3. The van der Waals surface area contributed by atoms with Gasteiger partial charge in [-0.1, -0.05) is 19.1 Å². The van der Waals surface area contributed by atoms with Gasteiger partial charge in [-0.25, -0.2) is 33.1 Å². The number of likely N-dealkylation sites (tertiary alicyclic amines) is 2. The fourth-order valence-corrected chi connectivity index (χ4v) is 9.93. The number of piperidine rings is 2. The summed E-state index contributed by atoms with van der Waals surface area (Å²) < 4.78 is 58.5. The van der Waals surface area contributed by atoms with Crippen molar-refractivity contribution in [3.05, 3.63) is 143 Å². The van der Waals surface area contributed by atoms with Crippen molar-refractivity contribution in [2.24, 2.45) is 11.8 Å². The molecule has 2 saturated heterocycles. The number of anilines is 2. The van der Waals surface area contributed by atoms with Gasteiger partial charge in [0.15, 0.2) is 22.8 Å². The van der Waals surface area contributed by atoms with Crippen LogP contribution in [0.2, 0.25) is 0 Å². The number of amides is 2. The van der Waals surface area contributed by atoms with Gasteiger partial charge in [-0.15, -0.1) is 0 Å². The number of hydrogen-bond donors (Lipinski definition) is 2. The smallest absolute Gasteiger partial charge is 0.295 e. The minimum Gasteiger partial charge on any atom is -0.424 e. The molecule has 69 heavy (non-hydrogen) atoms. The van der Waals surface area contributed by atoms with Gasteiger partial charge < -0.3 is 29.3 Å². The highest BCUT2D eigenvalue weighted by atomic mass is 19.1. The lowest BCUT2D eigenvalue weighted by molar-refractivity contribution is 0.0511. The molecule has 0 saturated carbocycles. The highest BCUT2D eigenvalue weighted by Crippen LogP contribution is 2.35. The molecule has 4 aromatic heterocycles. The Morgan fingerprint density at radius 1 is 0.652 bits per heavy atom. The van der Waals surface area contributed by atoms with E-state index in [1.54, 1.807) is 54.1 Å². The first kappa shape index (κ1) is 45.1. The molecule has 14 nitrogen and oxygen atoms in total. The highest BCUT2D eigenvalue weighted by molar-refractivity contribution is 6.01. The van der Waals surface area contributed by atoms with Crippen molar-refractivity contribution >= 4 is 46.0 Å². The fraction of sp³-hybridized carbons (Fsp3) is 0.308. The number of aromatic nitrogens is 6. The number of nitrogens with one attached hydrogen (secondary N) is 2. The van der Waals surface area contributed by atoms with Gasteiger partial charge in [0.1, 0.15) is 28.5 Å². The van der Waals surface area contributed by atoms with E-state index in [9.17, 15) is 14.0 Å². The number of aryl methyl sites for hydroxylation is 2. The Bertz CT molecular complexity index is 3170. The summed E-state index contributed by atoms with van der Waals surface area (Å²) >= 11 is 0. The summed E-state index contributed by atoms with van der Waals surface area (Å²) in [5.74, 6) is -2.62. The van der Waals surface area contributed by atoms with Crippen molar-refractivity contribution in [1.82, 2.24) is 39.7 Å². The average molecular weight is 935 g/mol. The molecule has 2 aliphatic rings. The van der Waals surface area contributed by atoms with Crippen LogP contribution in [0.5, 0.6) is 0 Å². The van der Waals surface area contributed by atoms with E-state index < -0.39 is 35.3 Å². The topological polar surface area (TPSA) is 168 Å². The lowest BCUT2D eigenvalue weighted by Gasteiger charge is -2.41. The summed E-state index contributed by atoms with van der Waals surface area (Å²) in [4.78, 5) is 60.3. The number of halogens is 3. The van der Waals surface area contributed by atoms with Crippen LogP contribution in [0, 0.1) is 43.1 Å². The minimum atomic E-state index is -0.696. The van der Waals surface area contributed by atoms with E-state index in [2.05, 4.69) is 42.5 Å². The number of carbonyl (C=O) groups excluding carboxylic acids is 2. The van der Waals surface area contributed by atoms with Crippen molar-refractivity contribution in [2.45, 2.75) is 65.0 Å². The third kappa shape index (κ3) is 9.32. The molecular weight excluding hydrogens is 886 g/mol. The lowest BCUT2D eigenvalue weighted by atomic mass is 9.84. The first-order chi connectivity index (χ1) is 33.5. The fourth-order valence-electron chi connectivity index (χ4n) is 9.93. The first-order valence-corrected chi connectivity index (χ1v) is 23.2. The summed E-state index contributed by atoms with van der Waals surface area (Å²) in [6.07, 6.45) is 7.89. The quantitative estimate of drug-likeness (QED) is 0.119. The molecule has 2 amide bonds. The first-order valence-electron chi connectivity index (χ1n) is 23.2. The summed E-state index contributed by atoms with van der Waals surface area (Å²) in [5, 5.41) is 6.52. The Balaban J connectivity index is 0.956. The Labute approximate surface area is 395 Å². The van der Waals surface area contributed by atoms with E-state index >= 15 is 8.78 Å². The lowest BCUT2D eigenvalue weighted by Crippen LogP contribution is -2.52. The number of hydrogen-bond acceptors (Lipinski definition) is 12. The molecule has 2 N–H and O–H groups in total. The number of fused-ring (bicyclic) bond motifs is 2. The summed E-state index contributed by atoms with van der Waals surface area (Å²) in [6.45, 7) is 6.79.